The Bertz CT molecular complexity index is 687. The second-order valence-electron chi connectivity index (χ2n) is 5.50. The zero-order chi connectivity index (χ0) is 17.7. The summed E-state index contributed by atoms with van der Waals surface area (Å²) in [7, 11) is 1.57. The maximum Gasteiger partial charge on any atom is 0.302 e. The molecule has 0 radical (unpaired) electrons. The molecule has 2 aromatic carbocycles. The number of esters is 1. The number of hydrogen-bond donors (Lipinski definition) is 1. The van der Waals surface area contributed by atoms with Gasteiger partial charge in [0, 0.05) is 19.6 Å². The van der Waals surface area contributed by atoms with Gasteiger partial charge in [0.1, 0.15) is 18.5 Å². The molecule has 0 aromatic heterocycles. The number of benzene rings is 2. The molecule has 0 fully saturated rings. The van der Waals surface area contributed by atoms with Crippen LogP contribution < -0.4 is 0 Å². The van der Waals surface area contributed by atoms with Crippen molar-refractivity contribution in [2.45, 2.75) is 33.0 Å². The van der Waals surface area contributed by atoms with E-state index >= 15 is 0 Å². The van der Waals surface area contributed by atoms with Gasteiger partial charge in [-0.1, -0.05) is 42.8 Å². The second-order valence-corrected chi connectivity index (χ2v) is 5.91. The first-order chi connectivity index (χ1) is 11.5. The predicted octanol–water partition coefficient (Wildman–Crippen LogP) is 4.41. The summed E-state index contributed by atoms with van der Waals surface area (Å²) in [6, 6.07) is 11.2. The number of carbonyl (C=O) groups excluding carboxylic acids is 1. The third-order valence-electron chi connectivity index (χ3n) is 3.80. The molecular formula is C19H21ClO4. The highest BCUT2D eigenvalue weighted by Gasteiger charge is 2.21. The van der Waals surface area contributed by atoms with Crippen LogP contribution in [0.5, 0.6) is 5.75 Å². The summed E-state index contributed by atoms with van der Waals surface area (Å²) in [5, 5.41) is 10.8. The van der Waals surface area contributed by atoms with Crippen LogP contribution >= 0.6 is 11.6 Å². The van der Waals surface area contributed by atoms with Crippen molar-refractivity contribution in [1.82, 2.24) is 0 Å². The number of rotatable bonds is 6. The molecule has 2 aromatic rings. The molecule has 1 atom stereocenters. The zero-order valence-corrected chi connectivity index (χ0v) is 14.8. The number of ether oxygens (including phenoxy) is 2. The molecule has 1 unspecified atom stereocenters. The minimum Gasteiger partial charge on any atom is -0.507 e. The van der Waals surface area contributed by atoms with Crippen molar-refractivity contribution in [2.75, 3.05) is 7.11 Å². The maximum atomic E-state index is 10.9. The van der Waals surface area contributed by atoms with E-state index in [4.69, 9.17) is 21.1 Å². The summed E-state index contributed by atoms with van der Waals surface area (Å²) in [4.78, 5) is 10.9. The lowest BCUT2D eigenvalue weighted by Gasteiger charge is -2.20. The van der Waals surface area contributed by atoms with Gasteiger partial charge in [0.15, 0.2) is 0 Å². The third-order valence-corrected chi connectivity index (χ3v) is 4.11. The number of hydrogen-bond acceptors (Lipinski definition) is 4. The Morgan fingerprint density at radius 1 is 1.21 bits per heavy atom. The van der Waals surface area contributed by atoms with Gasteiger partial charge in [0.2, 0.25) is 0 Å². The van der Waals surface area contributed by atoms with E-state index in [1.165, 1.54) is 18.6 Å². The lowest BCUT2D eigenvalue weighted by molar-refractivity contribution is -0.142. The average Bonchev–Trinajstić information content (AvgIpc) is 2.56. The molecule has 2 rings (SSSR count). The summed E-state index contributed by atoms with van der Waals surface area (Å²) in [6.45, 7) is 3.48. The fourth-order valence-electron chi connectivity index (χ4n) is 2.53. The Hall–Kier alpha value is -2.04. The smallest absolute Gasteiger partial charge is 0.302 e. The summed E-state index contributed by atoms with van der Waals surface area (Å²) in [6.07, 6.45) is 0.473. The quantitative estimate of drug-likeness (QED) is 0.786. The monoisotopic (exact) mass is 348 g/mol. The molecule has 0 aliphatic heterocycles. The normalized spacial score (nSPS) is 12.0. The number of halogens is 1. The van der Waals surface area contributed by atoms with Gasteiger partial charge in [-0.3, -0.25) is 4.79 Å². The third kappa shape index (κ3) is 4.28. The number of methoxy groups -OCH3 is 1. The van der Waals surface area contributed by atoms with Crippen molar-refractivity contribution in [3.05, 3.63) is 63.7 Å². The van der Waals surface area contributed by atoms with Crippen LogP contribution in [0.2, 0.25) is 5.02 Å². The van der Waals surface area contributed by atoms with Crippen molar-refractivity contribution in [3.8, 4) is 5.75 Å². The Labute approximate surface area is 147 Å². The highest BCUT2D eigenvalue weighted by Crippen LogP contribution is 2.38. The largest absolute Gasteiger partial charge is 0.507 e. The lowest BCUT2D eigenvalue weighted by atomic mass is 9.97. The SMILES string of the molecule is CCc1ccc(C(OC)c2c(O)cc(COC(C)=O)cc2Cl)cc1. The Balaban J connectivity index is 2.35. The predicted molar refractivity (Wildman–Crippen MR) is 93.3 cm³/mol. The van der Waals surface area contributed by atoms with Crippen LogP contribution in [0.15, 0.2) is 36.4 Å². The van der Waals surface area contributed by atoms with E-state index < -0.39 is 6.10 Å². The van der Waals surface area contributed by atoms with Crippen LogP contribution in [0.3, 0.4) is 0 Å². The molecule has 0 aliphatic rings. The molecule has 0 bridgehead atoms. The standard InChI is InChI=1S/C19H21ClO4/c1-4-13-5-7-15(8-6-13)19(23-3)18-16(20)9-14(10-17(18)22)11-24-12(2)21/h5-10,19,22H,4,11H2,1-3H3. The number of phenolic OH excluding ortho intramolecular Hbond substituents is 1. The fourth-order valence-corrected chi connectivity index (χ4v) is 2.87. The van der Waals surface area contributed by atoms with Gasteiger partial charge in [-0.2, -0.15) is 0 Å². The van der Waals surface area contributed by atoms with E-state index in [2.05, 4.69) is 6.92 Å². The van der Waals surface area contributed by atoms with Crippen molar-refractivity contribution in [2.24, 2.45) is 0 Å². The fraction of sp³-hybridized carbons (Fsp3) is 0.316. The van der Waals surface area contributed by atoms with Gasteiger partial charge < -0.3 is 14.6 Å². The van der Waals surface area contributed by atoms with Gasteiger partial charge in [-0.15, -0.1) is 0 Å². The summed E-state index contributed by atoms with van der Waals surface area (Å²) in [5.41, 5.74) is 3.24. The topological polar surface area (TPSA) is 55.8 Å². The second kappa shape index (κ2) is 8.18. The molecule has 0 spiro atoms. The van der Waals surface area contributed by atoms with Crippen molar-refractivity contribution in [3.63, 3.8) is 0 Å². The first kappa shape index (κ1) is 18.3. The van der Waals surface area contributed by atoms with Gasteiger partial charge in [-0.05, 0) is 35.2 Å². The molecule has 0 heterocycles. The molecule has 1 N–H and O–H groups in total. The highest BCUT2D eigenvalue weighted by atomic mass is 35.5. The van der Waals surface area contributed by atoms with E-state index in [9.17, 15) is 9.90 Å². The van der Waals surface area contributed by atoms with Crippen LogP contribution in [-0.4, -0.2) is 18.2 Å². The minimum atomic E-state index is -0.480. The van der Waals surface area contributed by atoms with E-state index in [1.807, 2.05) is 24.3 Å². The van der Waals surface area contributed by atoms with Crippen molar-refractivity contribution >= 4 is 17.6 Å². The van der Waals surface area contributed by atoms with Crippen LogP contribution in [0.25, 0.3) is 0 Å². The minimum absolute atomic E-state index is 0.0103. The van der Waals surface area contributed by atoms with Crippen LogP contribution in [0.4, 0.5) is 0 Å². The Kier molecular flexibility index (Phi) is 6.23. The average molecular weight is 349 g/mol. The van der Waals surface area contributed by atoms with Crippen LogP contribution in [0, 0.1) is 0 Å². The van der Waals surface area contributed by atoms with E-state index in [1.54, 1.807) is 13.2 Å². The Morgan fingerprint density at radius 3 is 2.38 bits per heavy atom. The molecule has 0 saturated carbocycles. The number of phenols is 1. The highest BCUT2D eigenvalue weighted by molar-refractivity contribution is 6.31. The van der Waals surface area contributed by atoms with Gasteiger partial charge in [0.25, 0.3) is 0 Å². The molecule has 0 saturated heterocycles. The molecule has 5 heteroatoms. The summed E-state index contributed by atoms with van der Waals surface area (Å²) < 4.78 is 10.5. The number of aryl methyl sites for hydroxylation is 1. The van der Waals surface area contributed by atoms with Gasteiger partial charge in [0.05, 0.1) is 5.02 Å². The van der Waals surface area contributed by atoms with Crippen molar-refractivity contribution < 1.29 is 19.4 Å². The molecule has 0 aliphatic carbocycles. The molecule has 128 valence electrons. The Morgan fingerprint density at radius 2 is 1.88 bits per heavy atom. The van der Waals surface area contributed by atoms with Crippen LogP contribution in [0.1, 0.15) is 42.2 Å². The number of carbonyl (C=O) groups is 1. The first-order valence-corrected chi connectivity index (χ1v) is 8.10. The molecule has 4 nitrogen and oxygen atoms in total. The first-order valence-electron chi connectivity index (χ1n) is 7.72. The van der Waals surface area contributed by atoms with E-state index in [0.29, 0.717) is 16.1 Å². The van der Waals surface area contributed by atoms with Gasteiger partial charge >= 0.3 is 5.97 Å². The number of aromatic hydroxyl groups is 1. The van der Waals surface area contributed by atoms with Gasteiger partial charge in [-0.25, -0.2) is 0 Å². The van der Waals surface area contributed by atoms with Crippen molar-refractivity contribution in [1.29, 1.82) is 0 Å². The molecule has 0 amide bonds. The summed E-state index contributed by atoms with van der Waals surface area (Å²) >= 11 is 6.35. The maximum absolute atomic E-state index is 10.9. The van der Waals surface area contributed by atoms with Crippen LogP contribution in [-0.2, 0) is 27.3 Å². The van der Waals surface area contributed by atoms with E-state index in [-0.39, 0.29) is 18.3 Å². The van der Waals surface area contributed by atoms with E-state index in [0.717, 1.165) is 12.0 Å². The summed E-state index contributed by atoms with van der Waals surface area (Å²) in [5.74, 6) is -0.378. The molecule has 24 heavy (non-hydrogen) atoms. The molecular weight excluding hydrogens is 328 g/mol. The zero-order valence-electron chi connectivity index (χ0n) is 14.0. The lowest BCUT2D eigenvalue weighted by Crippen LogP contribution is -2.06.